The molecule has 0 aliphatic carbocycles. The molecule has 1 fully saturated rings. The molecule has 2 amide bonds. The van der Waals surface area contributed by atoms with Crippen molar-refractivity contribution in [3.05, 3.63) is 58.6 Å². The standard InChI is InChI=1S/C22H26ClN3O2/c1-15-10-12-26(13-11-15)22(28)19-14-18(8-9-20(19)25(2)3)24-21(27)16-4-6-17(23)7-5-16/h4-9,14-15H,10-13H2,1-3H3,(H,24,27). The summed E-state index contributed by atoms with van der Waals surface area (Å²) in [4.78, 5) is 29.5. The van der Waals surface area contributed by atoms with Crippen molar-refractivity contribution in [2.24, 2.45) is 5.92 Å². The number of nitrogens with one attached hydrogen (secondary N) is 1. The van der Waals surface area contributed by atoms with Crippen LogP contribution in [-0.2, 0) is 0 Å². The molecule has 1 N–H and O–H groups in total. The van der Waals surface area contributed by atoms with Crippen molar-refractivity contribution in [1.29, 1.82) is 0 Å². The van der Waals surface area contributed by atoms with Crippen LogP contribution in [0, 0.1) is 5.92 Å². The van der Waals surface area contributed by atoms with E-state index in [2.05, 4.69) is 12.2 Å². The van der Waals surface area contributed by atoms with E-state index in [1.165, 1.54) is 0 Å². The second kappa shape index (κ2) is 8.65. The molecule has 148 valence electrons. The fourth-order valence-electron chi connectivity index (χ4n) is 3.36. The number of nitrogens with zero attached hydrogens (tertiary/aromatic N) is 2. The highest BCUT2D eigenvalue weighted by molar-refractivity contribution is 6.30. The van der Waals surface area contributed by atoms with E-state index in [0.29, 0.717) is 27.8 Å². The van der Waals surface area contributed by atoms with Gasteiger partial charge < -0.3 is 15.1 Å². The van der Waals surface area contributed by atoms with Gasteiger partial charge in [0.1, 0.15) is 0 Å². The van der Waals surface area contributed by atoms with Crippen molar-refractivity contribution < 1.29 is 9.59 Å². The largest absolute Gasteiger partial charge is 0.377 e. The van der Waals surface area contributed by atoms with Crippen molar-refractivity contribution in [2.45, 2.75) is 19.8 Å². The zero-order chi connectivity index (χ0) is 20.3. The maximum Gasteiger partial charge on any atom is 0.256 e. The van der Waals surface area contributed by atoms with E-state index in [4.69, 9.17) is 11.6 Å². The number of hydrogen-bond donors (Lipinski definition) is 1. The molecule has 1 saturated heterocycles. The number of carbonyl (C=O) groups excluding carboxylic acids is 2. The lowest BCUT2D eigenvalue weighted by Gasteiger charge is -2.31. The van der Waals surface area contributed by atoms with Gasteiger partial charge in [0, 0.05) is 49.1 Å². The van der Waals surface area contributed by atoms with Crippen LogP contribution >= 0.6 is 11.6 Å². The van der Waals surface area contributed by atoms with Crippen LogP contribution in [0.15, 0.2) is 42.5 Å². The highest BCUT2D eigenvalue weighted by Gasteiger charge is 2.24. The zero-order valence-corrected chi connectivity index (χ0v) is 17.3. The SMILES string of the molecule is CC1CCN(C(=O)c2cc(NC(=O)c3ccc(Cl)cc3)ccc2N(C)C)CC1. The molecule has 3 rings (SSSR count). The first kappa shape index (κ1) is 20.2. The van der Waals surface area contributed by atoms with Gasteiger partial charge in [-0.2, -0.15) is 0 Å². The minimum absolute atomic E-state index is 0.0122. The molecule has 0 unspecified atom stereocenters. The maximum atomic E-state index is 13.1. The Morgan fingerprint density at radius 2 is 1.71 bits per heavy atom. The second-order valence-electron chi connectivity index (χ2n) is 7.56. The monoisotopic (exact) mass is 399 g/mol. The van der Waals surface area contributed by atoms with E-state index in [9.17, 15) is 9.59 Å². The van der Waals surface area contributed by atoms with Crippen molar-refractivity contribution in [3.8, 4) is 0 Å². The summed E-state index contributed by atoms with van der Waals surface area (Å²) in [7, 11) is 3.83. The highest BCUT2D eigenvalue weighted by atomic mass is 35.5. The van der Waals surface area contributed by atoms with Crippen molar-refractivity contribution in [2.75, 3.05) is 37.4 Å². The van der Waals surface area contributed by atoms with Gasteiger partial charge in [-0.15, -0.1) is 0 Å². The number of hydrogen-bond acceptors (Lipinski definition) is 3. The molecule has 6 heteroatoms. The minimum Gasteiger partial charge on any atom is -0.377 e. The summed E-state index contributed by atoms with van der Waals surface area (Å²) in [5, 5.41) is 3.46. The van der Waals surface area contributed by atoms with Gasteiger partial charge in [-0.25, -0.2) is 0 Å². The second-order valence-corrected chi connectivity index (χ2v) is 8.00. The highest BCUT2D eigenvalue weighted by Crippen LogP contribution is 2.27. The Kier molecular flexibility index (Phi) is 6.25. The topological polar surface area (TPSA) is 52.7 Å². The van der Waals surface area contributed by atoms with E-state index in [0.717, 1.165) is 31.6 Å². The quantitative estimate of drug-likeness (QED) is 0.821. The lowest BCUT2D eigenvalue weighted by atomic mass is 9.98. The molecule has 2 aromatic rings. The first-order chi connectivity index (χ1) is 13.3. The number of amides is 2. The summed E-state index contributed by atoms with van der Waals surface area (Å²) in [6.45, 7) is 3.77. The van der Waals surface area contributed by atoms with Crippen LogP contribution in [0.4, 0.5) is 11.4 Å². The minimum atomic E-state index is -0.237. The van der Waals surface area contributed by atoms with E-state index in [1.807, 2.05) is 36.0 Å². The van der Waals surface area contributed by atoms with E-state index in [1.54, 1.807) is 30.3 Å². The zero-order valence-electron chi connectivity index (χ0n) is 16.5. The van der Waals surface area contributed by atoms with Gasteiger partial charge in [0.25, 0.3) is 11.8 Å². The molecular weight excluding hydrogens is 374 g/mol. The molecule has 5 nitrogen and oxygen atoms in total. The summed E-state index contributed by atoms with van der Waals surface area (Å²) in [5.41, 5.74) is 2.56. The third-order valence-electron chi connectivity index (χ3n) is 5.14. The molecule has 2 aromatic carbocycles. The summed E-state index contributed by atoms with van der Waals surface area (Å²) >= 11 is 5.88. The van der Waals surface area contributed by atoms with Gasteiger partial charge in [-0.1, -0.05) is 18.5 Å². The Balaban J connectivity index is 1.83. The average molecular weight is 400 g/mol. The fourth-order valence-corrected chi connectivity index (χ4v) is 3.49. The van der Waals surface area contributed by atoms with Gasteiger partial charge in [-0.05, 0) is 61.2 Å². The summed E-state index contributed by atoms with van der Waals surface area (Å²) in [5.74, 6) is 0.431. The molecule has 28 heavy (non-hydrogen) atoms. The van der Waals surface area contributed by atoms with Crippen LogP contribution in [0.2, 0.25) is 5.02 Å². The van der Waals surface area contributed by atoms with Gasteiger partial charge in [0.2, 0.25) is 0 Å². The number of halogens is 1. The Hall–Kier alpha value is -2.53. The van der Waals surface area contributed by atoms with Crippen LogP contribution in [0.25, 0.3) is 0 Å². The lowest BCUT2D eigenvalue weighted by molar-refractivity contribution is 0.0697. The van der Waals surface area contributed by atoms with Crippen molar-refractivity contribution in [1.82, 2.24) is 4.90 Å². The Morgan fingerprint density at radius 1 is 1.07 bits per heavy atom. The molecule has 1 aliphatic rings. The molecule has 1 aliphatic heterocycles. The first-order valence-electron chi connectivity index (χ1n) is 9.52. The lowest BCUT2D eigenvalue weighted by Crippen LogP contribution is -2.38. The van der Waals surface area contributed by atoms with Crippen LogP contribution in [-0.4, -0.2) is 43.9 Å². The molecule has 0 aromatic heterocycles. The smallest absolute Gasteiger partial charge is 0.256 e. The summed E-state index contributed by atoms with van der Waals surface area (Å²) in [6, 6.07) is 12.2. The molecule has 0 atom stereocenters. The molecule has 0 bridgehead atoms. The molecular formula is C22H26ClN3O2. The van der Waals surface area contributed by atoms with E-state index in [-0.39, 0.29) is 11.8 Å². The van der Waals surface area contributed by atoms with Crippen LogP contribution in [0.1, 0.15) is 40.5 Å². The summed E-state index contributed by atoms with van der Waals surface area (Å²) < 4.78 is 0. The predicted molar refractivity (Wildman–Crippen MR) is 114 cm³/mol. The first-order valence-corrected chi connectivity index (χ1v) is 9.90. The number of likely N-dealkylation sites (tertiary alicyclic amines) is 1. The Morgan fingerprint density at radius 3 is 2.32 bits per heavy atom. The van der Waals surface area contributed by atoms with Crippen molar-refractivity contribution >= 4 is 34.8 Å². The number of carbonyl (C=O) groups is 2. The molecule has 1 heterocycles. The normalized spacial score (nSPS) is 14.6. The predicted octanol–water partition coefficient (Wildman–Crippen LogP) is 4.53. The van der Waals surface area contributed by atoms with E-state index >= 15 is 0 Å². The Bertz CT molecular complexity index is 857. The Labute approximate surface area is 171 Å². The number of benzene rings is 2. The van der Waals surface area contributed by atoms with Crippen molar-refractivity contribution in [3.63, 3.8) is 0 Å². The average Bonchev–Trinajstić information content (AvgIpc) is 2.68. The van der Waals surface area contributed by atoms with Gasteiger partial charge in [-0.3, -0.25) is 9.59 Å². The third kappa shape index (κ3) is 4.65. The third-order valence-corrected chi connectivity index (χ3v) is 5.40. The number of anilines is 2. The maximum absolute atomic E-state index is 13.1. The van der Waals surface area contributed by atoms with Gasteiger partial charge in [0.15, 0.2) is 0 Å². The van der Waals surface area contributed by atoms with Crippen LogP contribution in [0.3, 0.4) is 0 Å². The molecule has 0 saturated carbocycles. The van der Waals surface area contributed by atoms with Crippen LogP contribution < -0.4 is 10.2 Å². The fraction of sp³-hybridized carbons (Fsp3) is 0.364. The number of rotatable bonds is 4. The molecule has 0 radical (unpaired) electrons. The number of piperidine rings is 1. The van der Waals surface area contributed by atoms with Crippen LogP contribution in [0.5, 0.6) is 0 Å². The molecule has 0 spiro atoms. The summed E-state index contributed by atoms with van der Waals surface area (Å²) in [6.07, 6.45) is 2.05. The van der Waals surface area contributed by atoms with Gasteiger partial charge in [0.05, 0.1) is 5.56 Å². The van der Waals surface area contributed by atoms with Gasteiger partial charge >= 0.3 is 0 Å². The van der Waals surface area contributed by atoms with E-state index < -0.39 is 0 Å².